The Hall–Kier alpha value is -1.55. The van der Waals surface area contributed by atoms with Crippen LogP contribution in [0.1, 0.15) is 12.8 Å². The third-order valence-electron chi connectivity index (χ3n) is 3.22. The molecular weight excluding hydrogens is 226 g/mol. The summed E-state index contributed by atoms with van der Waals surface area (Å²) in [5.41, 5.74) is 0.980. The first-order chi connectivity index (χ1) is 8.74. The molecule has 1 aliphatic heterocycles. The first-order valence-corrected chi connectivity index (χ1v) is 6.51. The van der Waals surface area contributed by atoms with E-state index in [-0.39, 0.29) is 5.91 Å². The van der Waals surface area contributed by atoms with Gasteiger partial charge in [-0.3, -0.25) is 4.79 Å². The first kappa shape index (κ1) is 12.9. The molecule has 1 atom stereocenters. The fraction of sp³-hybridized carbons (Fsp3) is 0.500. The molecule has 1 aromatic carbocycles. The van der Waals surface area contributed by atoms with Crippen molar-refractivity contribution in [3.8, 4) is 0 Å². The zero-order valence-corrected chi connectivity index (χ0v) is 10.9. The van der Waals surface area contributed by atoms with Crippen LogP contribution in [0.25, 0.3) is 0 Å². The number of para-hydroxylation sites is 1. The van der Waals surface area contributed by atoms with Crippen LogP contribution in [0.5, 0.6) is 0 Å². The highest BCUT2D eigenvalue weighted by atomic mass is 16.2. The largest absolute Gasteiger partial charge is 0.376 e. The minimum Gasteiger partial charge on any atom is -0.376 e. The van der Waals surface area contributed by atoms with Gasteiger partial charge in [-0.15, -0.1) is 0 Å². The van der Waals surface area contributed by atoms with Crippen molar-refractivity contribution >= 4 is 11.6 Å². The Morgan fingerprint density at radius 1 is 1.39 bits per heavy atom. The molecule has 1 unspecified atom stereocenters. The molecule has 0 spiro atoms. The van der Waals surface area contributed by atoms with Crippen LogP contribution >= 0.6 is 0 Å². The number of likely N-dealkylation sites (tertiary alicyclic amines) is 1. The van der Waals surface area contributed by atoms with Crippen molar-refractivity contribution in [3.05, 3.63) is 30.3 Å². The fourth-order valence-corrected chi connectivity index (χ4v) is 2.30. The van der Waals surface area contributed by atoms with Crippen molar-refractivity contribution in [1.29, 1.82) is 0 Å². The van der Waals surface area contributed by atoms with E-state index in [1.807, 2.05) is 30.3 Å². The molecule has 1 aliphatic rings. The molecule has 0 radical (unpaired) electrons. The lowest BCUT2D eigenvalue weighted by Gasteiger charge is -2.30. The van der Waals surface area contributed by atoms with E-state index in [0.717, 1.165) is 31.6 Å². The summed E-state index contributed by atoms with van der Waals surface area (Å²) in [6, 6.07) is 10.1. The normalized spacial score (nSPS) is 20.4. The van der Waals surface area contributed by atoms with Crippen LogP contribution in [0.3, 0.4) is 0 Å². The highest BCUT2D eigenvalue weighted by Gasteiger charge is 2.18. The molecule has 1 fully saturated rings. The number of benzene rings is 1. The lowest BCUT2D eigenvalue weighted by molar-refractivity contribution is -0.120. The maximum Gasteiger partial charge on any atom is 0.239 e. The molecule has 1 amide bonds. The number of anilines is 1. The highest BCUT2D eigenvalue weighted by molar-refractivity contribution is 5.80. The van der Waals surface area contributed by atoms with Gasteiger partial charge >= 0.3 is 0 Å². The number of rotatable bonds is 4. The van der Waals surface area contributed by atoms with Crippen LogP contribution in [-0.4, -0.2) is 43.5 Å². The topological polar surface area (TPSA) is 44.4 Å². The Labute approximate surface area is 108 Å². The monoisotopic (exact) mass is 247 g/mol. The average Bonchev–Trinajstić information content (AvgIpc) is 2.38. The van der Waals surface area contributed by atoms with Crippen molar-refractivity contribution in [1.82, 2.24) is 10.2 Å². The number of hydrogen-bond donors (Lipinski definition) is 2. The predicted octanol–water partition coefficient (Wildman–Crippen LogP) is 1.31. The molecule has 4 nitrogen and oxygen atoms in total. The Kier molecular flexibility index (Phi) is 4.59. The van der Waals surface area contributed by atoms with Gasteiger partial charge < -0.3 is 15.5 Å². The molecule has 1 heterocycles. The summed E-state index contributed by atoms with van der Waals surface area (Å²) in [7, 11) is 2.10. The second kappa shape index (κ2) is 6.40. The number of amides is 1. The van der Waals surface area contributed by atoms with Crippen molar-refractivity contribution in [2.75, 3.05) is 32.0 Å². The van der Waals surface area contributed by atoms with E-state index >= 15 is 0 Å². The van der Waals surface area contributed by atoms with E-state index in [1.165, 1.54) is 0 Å². The molecule has 18 heavy (non-hydrogen) atoms. The van der Waals surface area contributed by atoms with E-state index in [4.69, 9.17) is 0 Å². The van der Waals surface area contributed by atoms with Crippen LogP contribution in [0.15, 0.2) is 30.3 Å². The lowest BCUT2D eigenvalue weighted by atomic mass is 10.1. The minimum absolute atomic E-state index is 0.0687. The number of hydrogen-bond acceptors (Lipinski definition) is 3. The number of piperidine rings is 1. The second-order valence-corrected chi connectivity index (χ2v) is 4.89. The van der Waals surface area contributed by atoms with E-state index < -0.39 is 0 Å². The molecular formula is C14H21N3O. The van der Waals surface area contributed by atoms with Crippen LogP contribution in [-0.2, 0) is 4.79 Å². The number of nitrogens with zero attached hydrogens (tertiary/aromatic N) is 1. The molecule has 98 valence electrons. The molecule has 4 heteroatoms. The van der Waals surface area contributed by atoms with Crippen LogP contribution in [0.2, 0.25) is 0 Å². The number of nitrogens with one attached hydrogen (secondary N) is 2. The Bertz CT molecular complexity index is 380. The Balaban J connectivity index is 1.72. The summed E-state index contributed by atoms with van der Waals surface area (Å²) in [5.74, 6) is 0.0687. The van der Waals surface area contributed by atoms with Crippen LogP contribution < -0.4 is 10.6 Å². The number of carbonyl (C=O) groups excluding carboxylic acids is 1. The molecule has 2 rings (SSSR count). The Morgan fingerprint density at radius 3 is 2.89 bits per heavy atom. The van der Waals surface area contributed by atoms with Gasteiger partial charge in [0, 0.05) is 18.3 Å². The third kappa shape index (κ3) is 4.04. The summed E-state index contributed by atoms with van der Waals surface area (Å²) in [4.78, 5) is 14.1. The highest BCUT2D eigenvalue weighted by Crippen LogP contribution is 2.08. The van der Waals surface area contributed by atoms with E-state index in [9.17, 15) is 4.79 Å². The fourth-order valence-electron chi connectivity index (χ4n) is 2.30. The van der Waals surface area contributed by atoms with Crippen LogP contribution in [0, 0.1) is 0 Å². The third-order valence-corrected chi connectivity index (χ3v) is 3.22. The minimum atomic E-state index is 0.0687. The summed E-state index contributed by atoms with van der Waals surface area (Å²) in [6.07, 6.45) is 2.25. The van der Waals surface area contributed by atoms with Gasteiger partial charge in [-0.05, 0) is 38.6 Å². The lowest BCUT2D eigenvalue weighted by Crippen LogP contribution is -2.47. The molecule has 0 aromatic heterocycles. The van der Waals surface area contributed by atoms with Gasteiger partial charge in [0.05, 0.1) is 6.54 Å². The smallest absolute Gasteiger partial charge is 0.239 e. The maximum absolute atomic E-state index is 11.8. The van der Waals surface area contributed by atoms with Gasteiger partial charge in [0.2, 0.25) is 5.91 Å². The summed E-state index contributed by atoms with van der Waals surface area (Å²) < 4.78 is 0. The second-order valence-electron chi connectivity index (χ2n) is 4.89. The standard InChI is InChI=1S/C14H21N3O/c1-17-9-5-8-13(11-17)16-14(18)10-15-12-6-3-2-4-7-12/h2-4,6-7,13,15H,5,8-11H2,1H3,(H,16,18). The number of carbonyl (C=O) groups is 1. The quantitative estimate of drug-likeness (QED) is 0.843. The van der Waals surface area contributed by atoms with Gasteiger partial charge in [0.15, 0.2) is 0 Å². The van der Waals surface area contributed by atoms with Gasteiger partial charge in [-0.2, -0.15) is 0 Å². The predicted molar refractivity (Wildman–Crippen MR) is 73.6 cm³/mol. The van der Waals surface area contributed by atoms with Crippen molar-refractivity contribution in [2.45, 2.75) is 18.9 Å². The van der Waals surface area contributed by atoms with E-state index in [2.05, 4.69) is 22.6 Å². The van der Waals surface area contributed by atoms with Crippen molar-refractivity contribution < 1.29 is 4.79 Å². The number of likely N-dealkylation sites (N-methyl/N-ethyl adjacent to an activating group) is 1. The van der Waals surface area contributed by atoms with Gasteiger partial charge in [0.1, 0.15) is 0 Å². The summed E-state index contributed by atoms with van der Waals surface area (Å²) in [5, 5.41) is 6.20. The molecule has 2 N–H and O–H groups in total. The van der Waals surface area contributed by atoms with Crippen molar-refractivity contribution in [2.24, 2.45) is 0 Å². The van der Waals surface area contributed by atoms with E-state index in [0.29, 0.717) is 12.6 Å². The average molecular weight is 247 g/mol. The molecule has 0 saturated carbocycles. The van der Waals surface area contributed by atoms with Crippen molar-refractivity contribution in [3.63, 3.8) is 0 Å². The van der Waals surface area contributed by atoms with E-state index in [1.54, 1.807) is 0 Å². The van der Waals surface area contributed by atoms with Gasteiger partial charge in [-0.1, -0.05) is 18.2 Å². The molecule has 1 saturated heterocycles. The van der Waals surface area contributed by atoms with Gasteiger partial charge in [0.25, 0.3) is 0 Å². The first-order valence-electron chi connectivity index (χ1n) is 6.51. The SMILES string of the molecule is CN1CCCC(NC(=O)CNc2ccccc2)C1. The maximum atomic E-state index is 11.8. The van der Waals surface area contributed by atoms with Crippen LogP contribution in [0.4, 0.5) is 5.69 Å². The Morgan fingerprint density at radius 2 is 2.17 bits per heavy atom. The molecule has 0 aliphatic carbocycles. The molecule has 0 bridgehead atoms. The van der Waals surface area contributed by atoms with Gasteiger partial charge in [-0.25, -0.2) is 0 Å². The summed E-state index contributed by atoms with van der Waals surface area (Å²) >= 11 is 0. The summed E-state index contributed by atoms with van der Waals surface area (Å²) in [6.45, 7) is 2.43. The zero-order chi connectivity index (χ0) is 12.8. The molecule has 1 aromatic rings. The zero-order valence-electron chi connectivity index (χ0n) is 10.9.